The summed E-state index contributed by atoms with van der Waals surface area (Å²) in [7, 11) is 2.82. The Balaban J connectivity index is 2.10. The van der Waals surface area contributed by atoms with Crippen molar-refractivity contribution in [2.24, 2.45) is 35.5 Å². The molecule has 0 aromatic heterocycles. The molecule has 64 heavy (non-hydrogen) atoms. The Morgan fingerprint density at radius 1 is 0.750 bits per heavy atom. The molecular weight excluding hydrogens is 833 g/mol. The summed E-state index contributed by atoms with van der Waals surface area (Å²) in [6.07, 6.45) is -1.39. The Bertz CT molecular complexity index is 1530. The van der Waals surface area contributed by atoms with Crippen LogP contribution < -0.4 is 0 Å². The molecule has 0 amide bonds. The molecule has 3 rings (SSSR count). The van der Waals surface area contributed by atoms with Gasteiger partial charge in [-0.25, -0.2) is 4.79 Å². The summed E-state index contributed by atoms with van der Waals surface area (Å²) >= 11 is 0. The average Bonchev–Trinajstić information content (AvgIpc) is 3.64. The fourth-order valence-electron chi connectivity index (χ4n) is 9.27. The number of esters is 5. The van der Waals surface area contributed by atoms with Crippen molar-refractivity contribution in [3.05, 3.63) is 11.6 Å². The maximum atomic E-state index is 13.7. The zero-order valence-corrected chi connectivity index (χ0v) is 41.1. The van der Waals surface area contributed by atoms with Gasteiger partial charge in [-0.2, -0.15) is 0 Å². The van der Waals surface area contributed by atoms with Crippen LogP contribution in [0.2, 0.25) is 0 Å². The Morgan fingerprint density at radius 3 is 1.83 bits per heavy atom. The van der Waals surface area contributed by atoms with Crippen LogP contribution in [0.1, 0.15) is 141 Å². The molecule has 0 aromatic carbocycles. The fraction of sp³-hybridized carbons (Fsp3) is 0.854. The average molecular weight is 913 g/mol. The lowest BCUT2D eigenvalue weighted by molar-refractivity contribution is -0.368. The smallest absolute Gasteiger partial charge is 0.333 e. The van der Waals surface area contributed by atoms with Crippen LogP contribution in [-0.4, -0.2) is 118 Å². The maximum Gasteiger partial charge on any atom is 0.333 e. The van der Waals surface area contributed by atoms with Crippen molar-refractivity contribution in [1.82, 2.24) is 0 Å². The monoisotopic (exact) mass is 913 g/mol. The number of hydrogen-bond acceptors (Lipinski definition) is 16. The summed E-state index contributed by atoms with van der Waals surface area (Å²) in [6.45, 7) is 22.7. The van der Waals surface area contributed by atoms with Crippen LogP contribution in [0.3, 0.4) is 0 Å². The van der Waals surface area contributed by atoms with Crippen LogP contribution in [-0.2, 0) is 76.1 Å². The third-order valence-corrected chi connectivity index (χ3v) is 12.1. The van der Waals surface area contributed by atoms with Gasteiger partial charge in [-0.1, -0.05) is 68.4 Å². The maximum absolute atomic E-state index is 13.7. The molecule has 0 unspecified atom stereocenters. The summed E-state index contributed by atoms with van der Waals surface area (Å²) < 4.78 is 67.4. The summed E-state index contributed by atoms with van der Waals surface area (Å²) in [4.78, 5) is 65.4. The molecule has 0 saturated carbocycles. The van der Waals surface area contributed by atoms with Crippen LogP contribution in [0.25, 0.3) is 0 Å². The number of hydrogen-bond donors (Lipinski definition) is 0. The standard InChI is InChI=1S/C48H80O16/c1-15-40(50)60-36(17-16-32(8)46(53)55-14)34(10)44(59-35(11)49)37(61-41(51)20-28(2)3)24-33(9)43(62-42(52)21-29(4)5)38-22-30(6)25-48(63-38)26-31(7)23-39(64-48)45(56-27-54-13)47(12)57-18-19-58-47/h16,28-31,33-34,36-39,43-45H,15,17-27H2,1-14H3/b32-16+/t30-,31+,33-,34-,36-,37+,38-,39-,43-,44+,45+,48-/m0/s1. The van der Waals surface area contributed by atoms with E-state index < -0.39 is 96.0 Å². The first-order valence-corrected chi connectivity index (χ1v) is 23.3. The van der Waals surface area contributed by atoms with Crippen LogP contribution in [0.5, 0.6) is 0 Å². The second kappa shape index (κ2) is 25.7. The summed E-state index contributed by atoms with van der Waals surface area (Å²) in [5.41, 5.74) is 0.297. The van der Waals surface area contributed by atoms with E-state index in [4.69, 9.17) is 52.1 Å². The first-order valence-electron chi connectivity index (χ1n) is 23.3. The van der Waals surface area contributed by atoms with Crippen molar-refractivity contribution >= 4 is 29.8 Å². The molecule has 368 valence electrons. The molecule has 0 aliphatic carbocycles. The van der Waals surface area contributed by atoms with Crippen molar-refractivity contribution < 1.29 is 76.1 Å². The zero-order valence-electron chi connectivity index (χ0n) is 41.1. The highest BCUT2D eigenvalue weighted by molar-refractivity contribution is 5.87. The van der Waals surface area contributed by atoms with E-state index >= 15 is 0 Å². The second-order valence-electron chi connectivity index (χ2n) is 19.3. The largest absolute Gasteiger partial charge is 0.466 e. The van der Waals surface area contributed by atoms with Gasteiger partial charge >= 0.3 is 29.8 Å². The lowest BCUT2D eigenvalue weighted by atomic mass is 9.78. The van der Waals surface area contributed by atoms with Crippen molar-refractivity contribution in [1.29, 1.82) is 0 Å². The summed E-state index contributed by atoms with van der Waals surface area (Å²) in [6, 6.07) is 0. The molecule has 16 nitrogen and oxygen atoms in total. The molecule has 0 radical (unpaired) electrons. The molecule has 12 atom stereocenters. The molecule has 0 aromatic rings. The molecule has 3 aliphatic heterocycles. The highest BCUT2D eigenvalue weighted by Gasteiger charge is 2.55. The van der Waals surface area contributed by atoms with Crippen molar-refractivity contribution in [3.8, 4) is 0 Å². The van der Waals surface area contributed by atoms with E-state index in [9.17, 15) is 24.0 Å². The van der Waals surface area contributed by atoms with Gasteiger partial charge in [-0.05, 0) is 62.7 Å². The van der Waals surface area contributed by atoms with Crippen LogP contribution >= 0.6 is 0 Å². The molecule has 3 saturated heterocycles. The van der Waals surface area contributed by atoms with E-state index in [1.807, 2.05) is 41.5 Å². The molecule has 3 heterocycles. The van der Waals surface area contributed by atoms with Crippen molar-refractivity contribution in [2.75, 3.05) is 34.2 Å². The lowest BCUT2D eigenvalue weighted by Gasteiger charge is -2.53. The van der Waals surface area contributed by atoms with Gasteiger partial charge in [0.2, 0.25) is 0 Å². The molecule has 3 fully saturated rings. The predicted octanol–water partition coefficient (Wildman–Crippen LogP) is 7.41. The third-order valence-electron chi connectivity index (χ3n) is 12.1. The van der Waals surface area contributed by atoms with Crippen LogP contribution in [0.4, 0.5) is 0 Å². The minimum Gasteiger partial charge on any atom is -0.466 e. The minimum absolute atomic E-state index is 0.000965. The molecule has 0 N–H and O–H groups in total. The zero-order chi connectivity index (χ0) is 47.9. The number of carbonyl (C=O) groups excluding carboxylic acids is 5. The Morgan fingerprint density at radius 2 is 1.30 bits per heavy atom. The van der Waals surface area contributed by atoms with Gasteiger partial charge in [0, 0.05) is 64.0 Å². The van der Waals surface area contributed by atoms with Gasteiger partial charge in [0.1, 0.15) is 37.3 Å². The van der Waals surface area contributed by atoms with Crippen molar-refractivity contribution in [2.45, 2.75) is 195 Å². The van der Waals surface area contributed by atoms with E-state index in [1.165, 1.54) is 14.0 Å². The topological polar surface area (TPSA) is 187 Å². The number of methoxy groups -OCH3 is 2. The normalized spacial score (nSPS) is 26.9. The minimum atomic E-state index is -1.13. The fourth-order valence-corrected chi connectivity index (χ4v) is 9.27. The first kappa shape index (κ1) is 55.2. The predicted molar refractivity (Wildman–Crippen MR) is 234 cm³/mol. The quantitative estimate of drug-likeness (QED) is 0.0403. The molecular formula is C48H80O16. The van der Waals surface area contributed by atoms with Crippen molar-refractivity contribution in [3.63, 3.8) is 0 Å². The van der Waals surface area contributed by atoms with Crippen LogP contribution in [0.15, 0.2) is 11.6 Å². The van der Waals surface area contributed by atoms with Gasteiger partial charge in [0.05, 0.1) is 32.5 Å². The Kier molecular flexibility index (Phi) is 22.1. The highest BCUT2D eigenvalue weighted by Crippen LogP contribution is 2.47. The second-order valence-corrected chi connectivity index (χ2v) is 19.3. The third kappa shape index (κ3) is 16.6. The Hall–Kier alpha value is -3.15. The van der Waals surface area contributed by atoms with E-state index in [0.717, 1.165) is 0 Å². The van der Waals surface area contributed by atoms with Gasteiger partial charge in [-0.15, -0.1) is 0 Å². The van der Waals surface area contributed by atoms with Crippen LogP contribution in [0, 0.1) is 35.5 Å². The first-order chi connectivity index (χ1) is 30.0. The highest BCUT2D eigenvalue weighted by atomic mass is 16.8. The number of rotatable bonds is 24. The van der Waals surface area contributed by atoms with Gasteiger partial charge < -0.3 is 52.1 Å². The van der Waals surface area contributed by atoms with Gasteiger partial charge in [0.25, 0.3) is 0 Å². The lowest BCUT2D eigenvalue weighted by Crippen LogP contribution is -2.60. The summed E-state index contributed by atoms with van der Waals surface area (Å²) in [5.74, 6) is -5.91. The van der Waals surface area contributed by atoms with E-state index in [0.29, 0.717) is 44.5 Å². The van der Waals surface area contributed by atoms with E-state index in [2.05, 4.69) is 13.8 Å². The molecule has 16 heteroatoms. The molecule has 1 spiro atoms. The molecule has 0 bridgehead atoms. The SMILES string of the molecule is CCC(=O)O[C@@H](C/C=C(\C)C(=O)OC)[C@H](C)[C@@H](OC(C)=O)[C@@H](C[C@H](C)[C@H](OC(=O)CC(C)C)[C@@H]1C[C@H](C)C[C@]2(C[C@H](C)C[C@@H]([C@@H](OCOC)C3(C)OCCO3)O2)O1)OC(=O)CC(C)C. The molecule has 3 aliphatic rings. The van der Waals surface area contributed by atoms with E-state index in [-0.39, 0.29) is 62.6 Å². The van der Waals surface area contributed by atoms with Gasteiger partial charge in [-0.3, -0.25) is 19.2 Å². The number of ether oxygens (including phenoxy) is 11. The number of carbonyl (C=O) groups is 5. The Labute approximate surface area is 381 Å². The summed E-state index contributed by atoms with van der Waals surface area (Å²) in [5, 5.41) is 0. The van der Waals surface area contributed by atoms with Gasteiger partial charge in [0.15, 0.2) is 11.6 Å². The van der Waals surface area contributed by atoms with E-state index in [1.54, 1.807) is 34.0 Å².